The zero-order chi connectivity index (χ0) is 14.2. The number of carbonyl (C=O) groups is 1. The Morgan fingerprint density at radius 3 is 2.80 bits per heavy atom. The average Bonchev–Trinajstić information content (AvgIpc) is 3.15. The molecular weight excluding hydrogens is 254 g/mol. The van der Waals surface area contributed by atoms with Gasteiger partial charge in [-0.15, -0.1) is 0 Å². The Hall–Kier alpha value is -0.650. The summed E-state index contributed by atoms with van der Waals surface area (Å²) < 4.78 is 5.51. The molecule has 1 aliphatic heterocycles. The van der Waals surface area contributed by atoms with Crippen molar-refractivity contribution in [3.05, 3.63) is 0 Å². The van der Waals surface area contributed by atoms with Crippen LogP contribution in [0.25, 0.3) is 0 Å². The zero-order valence-corrected chi connectivity index (χ0v) is 12.4. The normalized spacial score (nSPS) is 39.0. The predicted molar refractivity (Wildman–Crippen MR) is 77.3 cm³/mol. The van der Waals surface area contributed by atoms with Crippen LogP contribution in [0.5, 0.6) is 0 Å². The summed E-state index contributed by atoms with van der Waals surface area (Å²) in [6, 6.07) is 1.00. The first-order valence-corrected chi connectivity index (χ1v) is 7.97. The molecule has 3 aliphatic rings. The molecule has 3 rings (SSSR count). The lowest BCUT2D eigenvalue weighted by atomic mass is 9.95. The van der Waals surface area contributed by atoms with Gasteiger partial charge >= 0.3 is 0 Å². The fourth-order valence-corrected chi connectivity index (χ4v) is 3.87. The smallest absolute Gasteiger partial charge is 0.237 e. The van der Waals surface area contributed by atoms with E-state index in [0.29, 0.717) is 18.2 Å². The lowest BCUT2D eigenvalue weighted by Crippen LogP contribution is -2.56. The number of amides is 1. The maximum absolute atomic E-state index is 12.0. The van der Waals surface area contributed by atoms with Gasteiger partial charge in [-0.25, -0.2) is 0 Å². The Morgan fingerprint density at radius 2 is 2.15 bits per heavy atom. The van der Waals surface area contributed by atoms with Crippen LogP contribution in [0, 0.1) is 0 Å². The molecule has 20 heavy (non-hydrogen) atoms. The standard InChI is InChI=1S/C15H27N3O2/c1-20-13-3-2-8-18(10-13)12-6-7-15(9-12,14(16)19)17-11-4-5-11/h11-13,17H,2-10H2,1H3,(H2,16,19). The SMILES string of the molecule is COC1CCCN(C2CCC(NC3CC3)(C(N)=O)C2)C1. The first-order valence-electron chi connectivity index (χ1n) is 7.97. The Kier molecular flexibility index (Phi) is 4.02. The van der Waals surface area contributed by atoms with E-state index in [1.54, 1.807) is 7.11 Å². The summed E-state index contributed by atoms with van der Waals surface area (Å²) in [5, 5.41) is 3.53. The molecule has 0 spiro atoms. The molecule has 2 saturated carbocycles. The van der Waals surface area contributed by atoms with Crippen LogP contribution < -0.4 is 11.1 Å². The topological polar surface area (TPSA) is 67.6 Å². The van der Waals surface area contributed by atoms with Gasteiger partial charge in [0.2, 0.25) is 5.91 Å². The molecule has 3 unspecified atom stereocenters. The van der Waals surface area contributed by atoms with Crippen molar-refractivity contribution >= 4 is 5.91 Å². The number of rotatable bonds is 5. The summed E-state index contributed by atoms with van der Waals surface area (Å²) in [5.41, 5.74) is 5.26. The largest absolute Gasteiger partial charge is 0.380 e. The van der Waals surface area contributed by atoms with Crippen molar-refractivity contribution in [1.29, 1.82) is 0 Å². The van der Waals surface area contributed by atoms with E-state index in [1.165, 1.54) is 19.3 Å². The number of ether oxygens (including phenoxy) is 1. The Bertz CT molecular complexity index is 372. The van der Waals surface area contributed by atoms with Crippen molar-refractivity contribution in [1.82, 2.24) is 10.2 Å². The molecule has 0 aromatic rings. The molecule has 0 radical (unpaired) electrons. The van der Waals surface area contributed by atoms with Crippen LogP contribution in [-0.2, 0) is 9.53 Å². The van der Waals surface area contributed by atoms with Gasteiger partial charge in [0, 0.05) is 25.7 Å². The number of hydrogen-bond acceptors (Lipinski definition) is 4. The van der Waals surface area contributed by atoms with Crippen LogP contribution in [0.15, 0.2) is 0 Å². The minimum Gasteiger partial charge on any atom is -0.380 e. The fraction of sp³-hybridized carbons (Fsp3) is 0.933. The number of piperidine rings is 1. The quantitative estimate of drug-likeness (QED) is 0.775. The summed E-state index contributed by atoms with van der Waals surface area (Å²) in [6.07, 6.45) is 7.90. The van der Waals surface area contributed by atoms with E-state index >= 15 is 0 Å². The maximum Gasteiger partial charge on any atom is 0.237 e. The van der Waals surface area contributed by atoms with Gasteiger partial charge in [-0.1, -0.05) is 0 Å². The number of nitrogens with one attached hydrogen (secondary N) is 1. The van der Waals surface area contributed by atoms with Gasteiger partial charge in [0.1, 0.15) is 0 Å². The highest BCUT2D eigenvalue weighted by molar-refractivity contribution is 5.85. The lowest BCUT2D eigenvalue weighted by Gasteiger charge is -2.37. The molecule has 5 nitrogen and oxygen atoms in total. The highest BCUT2D eigenvalue weighted by atomic mass is 16.5. The van der Waals surface area contributed by atoms with Crippen LogP contribution in [0.2, 0.25) is 0 Å². The van der Waals surface area contributed by atoms with Crippen LogP contribution in [0.4, 0.5) is 0 Å². The third-order valence-electron chi connectivity index (χ3n) is 5.28. The molecule has 2 aliphatic carbocycles. The average molecular weight is 281 g/mol. The highest BCUT2D eigenvalue weighted by Crippen LogP contribution is 2.37. The minimum atomic E-state index is -0.453. The fourth-order valence-electron chi connectivity index (χ4n) is 3.87. The number of methoxy groups -OCH3 is 1. The Morgan fingerprint density at radius 1 is 1.35 bits per heavy atom. The zero-order valence-electron chi connectivity index (χ0n) is 12.4. The van der Waals surface area contributed by atoms with Crippen LogP contribution in [0.3, 0.4) is 0 Å². The van der Waals surface area contributed by atoms with Gasteiger partial charge in [0.25, 0.3) is 0 Å². The number of nitrogens with two attached hydrogens (primary N) is 1. The molecule has 3 atom stereocenters. The molecule has 0 bridgehead atoms. The molecule has 0 aromatic heterocycles. The van der Waals surface area contributed by atoms with Crippen LogP contribution in [0.1, 0.15) is 44.9 Å². The third-order valence-corrected chi connectivity index (χ3v) is 5.28. The van der Waals surface area contributed by atoms with Crippen molar-refractivity contribution in [2.24, 2.45) is 5.73 Å². The van der Waals surface area contributed by atoms with Crippen molar-refractivity contribution < 1.29 is 9.53 Å². The van der Waals surface area contributed by atoms with Crippen molar-refractivity contribution in [3.63, 3.8) is 0 Å². The molecule has 1 heterocycles. The van der Waals surface area contributed by atoms with Crippen molar-refractivity contribution in [2.75, 3.05) is 20.2 Å². The second-order valence-electron chi connectivity index (χ2n) is 6.76. The van der Waals surface area contributed by atoms with E-state index in [9.17, 15) is 4.79 Å². The van der Waals surface area contributed by atoms with E-state index < -0.39 is 5.54 Å². The number of hydrogen-bond donors (Lipinski definition) is 2. The highest BCUT2D eigenvalue weighted by Gasteiger charge is 2.48. The van der Waals surface area contributed by atoms with Gasteiger partial charge in [-0.05, 0) is 51.5 Å². The molecule has 3 fully saturated rings. The van der Waals surface area contributed by atoms with E-state index in [1.807, 2.05) is 0 Å². The first-order chi connectivity index (χ1) is 9.63. The predicted octanol–water partition coefficient (Wildman–Crippen LogP) is 0.626. The number of carbonyl (C=O) groups excluding carboxylic acids is 1. The molecule has 1 saturated heterocycles. The van der Waals surface area contributed by atoms with Gasteiger partial charge in [-0.3, -0.25) is 9.69 Å². The molecule has 5 heteroatoms. The van der Waals surface area contributed by atoms with E-state index in [4.69, 9.17) is 10.5 Å². The van der Waals surface area contributed by atoms with Crippen LogP contribution >= 0.6 is 0 Å². The summed E-state index contributed by atoms with van der Waals surface area (Å²) >= 11 is 0. The molecule has 114 valence electrons. The molecule has 3 N–H and O–H groups in total. The lowest BCUT2D eigenvalue weighted by molar-refractivity contribution is -0.124. The van der Waals surface area contributed by atoms with Gasteiger partial charge in [0.15, 0.2) is 0 Å². The van der Waals surface area contributed by atoms with Crippen LogP contribution in [-0.4, -0.2) is 54.7 Å². The molecule has 1 amide bonds. The monoisotopic (exact) mass is 281 g/mol. The minimum absolute atomic E-state index is 0.160. The van der Waals surface area contributed by atoms with Gasteiger partial charge in [0.05, 0.1) is 11.6 Å². The molecular formula is C15H27N3O2. The third kappa shape index (κ3) is 2.85. The number of primary amides is 1. The second kappa shape index (κ2) is 5.62. The summed E-state index contributed by atoms with van der Waals surface area (Å²) in [6.45, 7) is 2.13. The van der Waals surface area contributed by atoms with Crippen molar-refractivity contribution in [2.45, 2.75) is 68.7 Å². The second-order valence-corrected chi connectivity index (χ2v) is 6.76. The Labute approximate surface area is 121 Å². The van der Waals surface area contributed by atoms with E-state index in [2.05, 4.69) is 10.2 Å². The molecule has 0 aromatic carbocycles. The number of likely N-dealkylation sites (tertiary alicyclic amines) is 1. The van der Waals surface area contributed by atoms with E-state index in [-0.39, 0.29) is 5.91 Å². The maximum atomic E-state index is 12.0. The van der Waals surface area contributed by atoms with Crippen molar-refractivity contribution in [3.8, 4) is 0 Å². The van der Waals surface area contributed by atoms with Gasteiger partial charge in [-0.2, -0.15) is 0 Å². The Balaban J connectivity index is 1.63. The summed E-state index contributed by atoms with van der Waals surface area (Å²) in [5.74, 6) is -0.160. The van der Waals surface area contributed by atoms with Gasteiger partial charge < -0.3 is 15.8 Å². The van der Waals surface area contributed by atoms with E-state index in [0.717, 1.165) is 38.8 Å². The summed E-state index contributed by atoms with van der Waals surface area (Å²) in [4.78, 5) is 14.5. The summed E-state index contributed by atoms with van der Waals surface area (Å²) in [7, 11) is 1.80. The first kappa shape index (κ1) is 14.3. The number of nitrogens with zero attached hydrogens (tertiary/aromatic N) is 1.